The molecule has 1 aliphatic heterocycles. The first-order valence-electron chi connectivity index (χ1n) is 11.9. The summed E-state index contributed by atoms with van der Waals surface area (Å²) in [5.41, 5.74) is 1.53. The van der Waals surface area contributed by atoms with Gasteiger partial charge in [-0.25, -0.2) is 4.98 Å². The third-order valence-corrected chi connectivity index (χ3v) is 7.15. The van der Waals surface area contributed by atoms with Gasteiger partial charge in [0.2, 0.25) is 5.91 Å². The van der Waals surface area contributed by atoms with Crippen molar-refractivity contribution in [1.82, 2.24) is 25.1 Å². The highest BCUT2D eigenvalue weighted by atomic mass is 16.2. The fourth-order valence-corrected chi connectivity index (χ4v) is 5.10. The van der Waals surface area contributed by atoms with Crippen molar-refractivity contribution >= 4 is 17.7 Å². The fraction of sp³-hybridized carbons (Fsp3) is 0.520. The molecule has 0 saturated heterocycles. The summed E-state index contributed by atoms with van der Waals surface area (Å²) < 4.78 is 1.68. The van der Waals surface area contributed by atoms with Gasteiger partial charge in [0.15, 0.2) is 5.69 Å². The van der Waals surface area contributed by atoms with Gasteiger partial charge < -0.3 is 20.1 Å². The maximum Gasteiger partial charge on any atom is 0.274 e. The summed E-state index contributed by atoms with van der Waals surface area (Å²) in [5, 5.41) is 6.06. The molecule has 2 N–H and O–H groups in total. The molecule has 0 unspecified atom stereocenters. The minimum Gasteiger partial charge on any atom is -0.351 e. The molecule has 3 aliphatic rings. The topological polar surface area (TPSA) is 96.3 Å². The number of carbonyl (C=O) groups excluding carboxylic acids is 3. The molecule has 8 nitrogen and oxygen atoms in total. The van der Waals surface area contributed by atoms with Gasteiger partial charge in [-0.1, -0.05) is 42.7 Å². The highest BCUT2D eigenvalue weighted by molar-refractivity contribution is 6.07. The van der Waals surface area contributed by atoms with E-state index < -0.39 is 5.54 Å². The van der Waals surface area contributed by atoms with E-state index in [1.165, 1.54) is 6.33 Å². The van der Waals surface area contributed by atoms with Crippen LogP contribution < -0.4 is 10.6 Å². The van der Waals surface area contributed by atoms with E-state index in [-0.39, 0.29) is 41.2 Å². The molecule has 5 rings (SSSR count). The molecule has 0 spiro atoms. The molecular formula is C25H31N5O3. The summed E-state index contributed by atoms with van der Waals surface area (Å²) in [6, 6.07) is 8.13. The number of aryl methyl sites for hydroxylation is 1. The first kappa shape index (κ1) is 21.7. The second-order valence-electron chi connectivity index (χ2n) is 9.87. The molecular weight excluding hydrogens is 418 g/mol. The van der Waals surface area contributed by atoms with E-state index in [1.807, 2.05) is 38.1 Å². The molecule has 3 amide bonds. The van der Waals surface area contributed by atoms with Crippen LogP contribution in [0, 0.1) is 6.92 Å². The molecule has 2 heterocycles. The monoisotopic (exact) mass is 449 g/mol. The number of rotatable bonds is 6. The van der Waals surface area contributed by atoms with Gasteiger partial charge in [0.05, 0.1) is 12.9 Å². The van der Waals surface area contributed by atoms with Crippen molar-refractivity contribution in [3.8, 4) is 0 Å². The number of aromatic nitrogens is 2. The van der Waals surface area contributed by atoms with Crippen LogP contribution >= 0.6 is 0 Å². The molecule has 0 radical (unpaired) electrons. The van der Waals surface area contributed by atoms with E-state index >= 15 is 0 Å². The van der Waals surface area contributed by atoms with Crippen LogP contribution in [0.5, 0.6) is 0 Å². The molecule has 0 bridgehead atoms. The highest BCUT2D eigenvalue weighted by Gasteiger charge is 2.54. The lowest BCUT2D eigenvalue weighted by Crippen LogP contribution is -2.65. The van der Waals surface area contributed by atoms with Crippen LogP contribution in [0.1, 0.15) is 77.6 Å². The number of hydrogen-bond acceptors (Lipinski definition) is 4. The number of benzene rings is 1. The lowest BCUT2D eigenvalue weighted by Gasteiger charge is -2.44. The van der Waals surface area contributed by atoms with Gasteiger partial charge >= 0.3 is 0 Å². The molecule has 2 saturated carbocycles. The standard InChI is InChI=1S/C25H31N5O3/c1-16-7-9-17(10-8-16)13-26-22(31)20-21-23(32)30(19-11-12-19)25(2,14-29(21)15-27-20)24(33)28-18-5-3-4-6-18/h7-10,15,18-19H,3-6,11-14H2,1-2H3,(H,26,31)(H,28,33)/t25-/m0/s1. The average molecular weight is 450 g/mol. The summed E-state index contributed by atoms with van der Waals surface area (Å²) in [7, 11) is 0. The molecule has 2 aromatic rings. The number of nitrogens with one attached hydrogen (secondary N) is 2. The van der Waals surface area contributed by atoms with E-state index in [9.17, 15) is 14.4 Å². The van der Waals surface area contributed by atoms with Gasteiger partial charge in [-0.3, -0.25) is 14.4 Å². The Hall–Kier alpha value is -3.16. The van der Waals surface area contributed by atoms with Crippen molar-refractivity contribution in [3.05, 3.63) is 53.1 Å². The quantitative estimate of drug-likeness (QED) is 0.708. The first-order chi connectivity index (χ1) is 15.9. The molecule has 174 valence electrons. The lowest BCUT2D eigenvalue weighted by atomic mass is 9.93. The SMILES string of the molecule is Cc1ccc(CNC(=O)c2ncn3c2C(=O)N(C2CC2)[C@](C)(C(=O)NC2CCCC2)C3)cc1. The molecule has 1 aromatic carbocycles. The zero-order valence-electron chi connectivity index (χ0n) is 19.3. The summed E-state index contributed by atoms with van der Waals surface area (Å²) in [6.45, 7) is 4.50. The Morgan fingerprint density at radius 2 is 1.82 bits per heavy atom. The molecule has 8 heteroatoms. The van der Waals surface area contributed by atoms with Gasteiger partial charge in [-0.2, -0.15) is 0 Å². The van der Waals surface area contributed by atoms with Gasteiger partial charge in [-0.15, -0.1) is 0 Å². The first-order valence-corrected chi connectivity index (χ1v) is 11.9. The summed E-state index contributed by atoms with van der Waals surface area (Å²) in [4.78, 5) is 46.0. The number of nitrogens with zero attached hydrogens (tertiary/aromatic N) is 3. The van der Waals surface area contributed by atoms with E-state index in [1.54, 1.807) is 9.47 Å². The molecule has 33 heavy (non-hydrogen) atoms. The summed E-state index contributed by atoms with van der Waals surface area (Å²) in [5.74, 6) is -0.780. The van der Waals surface area contributed by atoms with Crippen LogP contribution in [0.4, 0.5) is 0 Å². The third-order valence-electron chi connectivity index (χ3n) is 7.15. The largest absolute Gasteiger partial charge is 0.351 e. The number of fused-ring (bicyclic) bond motifs is 1. The van der Waals surface area contributed by atoms with Crippen molar-refractivity contribution in [1.29, 1.82) is 0 Å². The molecule has 2 fully saturated rings. The maximum atomic E-state index is 13.7. The molecule has 1 aromatic heterocycles. The van der Waals surface area contributed by atoms with E-state index in [0.29, 0.717) is 13.1 Å². The molecule has 1 atom stereocenters. The number of carbonyl (C=O) groups is 3. The highest BCUT2D eigenvalue weighted by Crippen LogP contribution is 2.39. The zero-order chi connectivity index (χ0) is 23.2. The Balaban J connectivity index is 1.38. The Kier molecular flexibility index (Phi) is 5.46. The Labute approximate surface area is 193 Å². The van der Waals surface area contributed by atoms with Gasteiger partial charge in [0.25, 0.3) is 11.8 Å². The maximum absolute atomic E-state index is 13.7. The minimum atomic E-state index is -0.996. The van der Waals surface area contributed by atoms with Gasteiger partial charge in [0, 0.05) is 18.6 Å². The van der Waals surface area contributed by atoms with E-state index in [2.05, 4.69) is 15.6 Å². The van der Waals surface area contributed by atoms with Crippen molar-refractivity contribution in [2.75, 3.05) is 0 Å². The fourth-order valence-electron chi connectivity index (χ4n) is 5.10. The third kappa shape index (κ3) is 4.03. The van der Waals surface area contributed by atoms with E-state index in [0.717, 1.165) is 49.7 Å². The summed E-state index contributed by atoms with van der Waals surface area (Å²) in [6.07, 6.45) is 7.49. The molecule has 2 aliphatic carbocycles. The second kappa shape index (κ2) is 8.32. The Morgan fingerprint density at radius 1 is 1.12 bits per heavy atom. The Morgan fingerprint density at radius 3 is 2.48 bits per heavy atom. The van der Waals surface area contributed by atoms with Crippen molar-refractivity contribution < 1.29 is 14.4 Å². The predicted octanol–water partition coefficient (Wildman–Crippen LogP) is 2.56. The minimum absolute atomic E-state index is 0.0314. The number of amides is 3. The van der Waals surface area contributed by atoms with Crippen LogP contribution in [0.3, 0.4) is 0 Å². The van der Waals surface area contributed by atoms with Crippen LogP contribution in [0.15, 0.2) is 30.6 Å². The smallest absolute Gasteiger partial charge is 0.274 e. The lowest BCUT2D eigenvalue weighted by molar-refractivity contribution is -0.134. The van der Waals surface area contributed by atoms with Crippen molar-refractivity contribution in [3.63, 3.8) is 0 Å². The van der Waals surface area contributed by atoms with Crippen LogP contribution in [0.2, 0.25) is 0 Å². The van der Waals surface area contributed by atoms with Gasteiger partial charge in [-0.05, 0) is 45.1 Å². The van der Waals surface area contributed by atoms with E-state index in [4.69, 9.17) is 0 Å². The predicted molar refractivity (Wildman–Crippen MR) is 123 cm³/mol. The van der Waals surface area contributed by atoms with Crippen LogP contribution in [0.25, 0.3) is 0 Å². The summed E-state index contributed by atoms with van der Waals surface area (Å²) >= 11 is 0. The zero-order valence-corrected chi connectivity index (χ0v) is 19.3. The van der Waals surface area contributed by atoms with Crippen molar-refractivity contribution in [2.24, 2.45) is 0 Å². The number of hydrogen-bond donors (Lipinski definition) is 2. The van der Waals surface area contributed by atoms with Gasteiger partial charge in [0.1, 0.15) is 11.2 Å². The normalized spacial score (nSPS) is 22.8. The van der Waals surface area contributed by atoms with Crippen molar-refractivity contribution in [2.45, 2.75) is 83.1 Å². The van der Waals surface area contributed by atoms with Crippen LogP contribution in [-0.2, 0) is 17.9 Å². The Bertz CT molecular complexity index is 1080. The number of imidazole rings is 1. The average Bonchev–Trinajstić information content (AvgIpc) is 3.30. The second-order valence-corrected chi connectivity index (χ2v) is 9.87. The van der Waals surface area contributed by atoms with Crippen LogP contribution in [-0.4, -0.2) is 49.8 Å².